The minimum atomic E-state index is -0.190. The normalized spacial score (nSPS) is 13.7. The van der Waals surface area contributed by atoms with Crippen molar-refractivity contribution in [3.8, 4) is 17.3 Å². The Kier molecular flexibility index (Phi) is 8.64. The van der Waals surface area contributed by atoms with Gasteiger partial charge in [-0.25, -0.2) is 4.98 Å². The minimum absolute atomic E-state index is 0.0576. The summed E-state index contributed by atoms with van der Waals surface area (Å²) in [6.07, 6.45) is 6.27. The second-order valence-electron chi connectivity index (χ2n) is 17.2. The van der Waals surface area contributed by atoms with Gasteiger partial charge in [-0.1, -0.05) is 116 Å². The van der Waals surface area contributed by atoms with Crippen molar-refractivity contribution in [1.82, 2.24) is 9.55 Å². The quantitative estimate of drug-likeness (QED) is 0.165. The number of para-hydroxylation sites is 1. The second kappa shape index (κ2) is 13.2. The first kappa shape index (κ1) is 35.2. The SMILES string of the molecule is CC(C)(C)c1cc(N2C=CN(c3cccc(Oc4ccc5c6ccccc6n(-c6cc(C(C)(C)c7ccccc7)ccn6)c5c4)c3)C2)cc(C(C)(C)C)c1. The molecular formula is C49H50N4O. The molecule has 1 aliphatic heterocycles. The van der Waals surface area contributed by atoms with E-state index in [-0.39, 0.29) is 16.2 Å². The van der Waals surface area contributed by atoms with Crippen LogP contribution < -0.4 is 14.5 Å². The first-order valence-corrected chi connectivity index (χ1v) is 19.0. The van der Waals surface area contributed by atoms with Crippen molar-refractivity contribution in [3.63, 3.8) is 0 Å². The third-order valence-electron chi connectivity index (χ3n) is 10.9. The molecule has 0 saturated heterocycles. The molecule has 0 radical (unpaired) electrons. The number of anilines is 2. The highest BCUT2D eigenvalue weighted by molar-refractivity contribution is 6.09. The maximum atomic E-state index is 6.63. The van der Waals surface area contributed by atoms with Crippen molar-refractivity contribution in [2.45, 2.75) is 71.6 Å². The van der Waals surface area contributed by atoms with Crippen molar-refractivity contribution in [2.24, 2.45) is 0 Å². The molecule has 0 saturated carbocycles. The smallest absolute Gasteiger partial charge is 0.137 e. The number of aromatic nitrogens is 2. The molecule has 0 N–H and O–H groups in total. The summed E-state index contributed by atoms with van der Waals surface area (Å²) >= 11 is 0. The van der Waals surface area contributed by atoms with Crippen molar-refractivity contribution >= 4 is 33.2 Å². The first-order chi connectivity index (χ1) is 25.8. The number of ether oxygens (including phenoxy) is 1. The van der Waals surface area contributed by atoms with Crippen LogP contribution in [0.1, 0.15) is 77.6 Å². The van der Waals surface area contributed by atoms with Crippen molar-refractivity contribution in [3.05, 3.63) is 168 Å². The summed E-state index contributed by atoms with van der Waals surface area (Å²) in [5.74, 6) is 2.45. The zero-order chi connectivity index (χ0) is 37.8. The zero-order valence-electron chi connectivity index (χ0n) is 32.8. The summed E-state index contributed by atoms with van der Waals surface area (Å²) in [7, 11) is 0. The fraction of sp³-hybridized carbons (Fsp3) is 0.245. The Bertz CT molecular complexity index is 2480. The zero-order valence-corrected chi connectivity index (χ0v) is 32.8. The van der Waals surface area contributed by atoms with E-state index in [1.165, 1.54) is 33.3 Å². The van der Waals surface area contributed by atoms with Crippen LogP contribution in [0.4, 0.5) is 11.4 Å². The highest BCUT2D eigenvalue weighted by Gasteiger charge is 2.26. The third-order valence-corrected chi connectivity index (χ3v) is 10.9. The molecule has 0 bridgehead atoms. The Hall–Kier alpha value is -5.81. The molecule has 0 unspecified atom stereocenters. The molecule has 3 heterocycles. The number of rotatable bonds is 7. The summed E-state index contributed by atoms with van der Waals surface area (Å²) < 4.78 is 8.89. The number of nitrogens with zero attached hydrogens (tertiary/aromatic N) is 4. The van der Waals surface area contributed by atoms with Gasteiger partial charge in [-0.05, 0) is 87.7 Å². The van der Waals surface area contributed by atoms with E-state index in [9.17, 15) is 0 Å². The number of pyridine rings is 1. The molecule has 0 atom stereocenters. The highest BCUT2D eigenvalue weighted by Crippen LogP contribution is 2.39. The van der Waals surface area contributed by atoms with Crippen molar-refractivity contribution in [2.75, 3.05) is 16.5 Å². The summed E-state index contributed by atoms with van der Waals surface area (Å²) in [5, 5.41) is 2.34. The van der Waals surface area contributed by atoms with Gasteiger partial charge in [0.05, 0.1) is 17.7 Å². The summed E-state index contributed by atoms with van der Waals surface area (Å²) in [5.41, 5.74) is 9.56. The van der Waals surface area contributed by atoms with Crippen molar-refractivity contribution in [1.29, 1.82) is 0 Å². The molecule has 0 aliphatic carbocycles. The van der Waals surface area contributed by atoms with E-state index in [4.69, 9.17) is 9.72 Å². The van der Waals surface area contributed by atoms with Gasteiger partial charge in [0.2, 0.25) is 0 Å². The Balaban J connectivity index is 1.09. The number of hydrogen-bond donors (Lipinski definition) is 0. The predicted molar refractivity (Wildman–Crippen MR) is 226 cm³/mol. The molecule has 0 fully saturated rings. The van der Waals surface area contributed by atoms with Gasteiger partial charge in [-0.3, -0.25) is 4.57 Å². The Labute approximate surface area is 320 Å². The molecule has 0 spiro atoms. The van der Waals surface area contributed by atoms with E-state index in [2.05, 4.69) is 203 Å². The van der Waals surface area contributed by atoms with E-state index in [1.807, 2.05) is 12.3 Å². The predicted octanol–water partition coefficient (Wildman–Crippen LogP) is 12.6. The van der Waals surface area contributed by atoms with Gasteiger partial charge in [-0.2, -0.15) is 0 Å². The van der Waals surface area contributed by atoms with E-state index < -0.39 is 0 Å². The lowest BCUT2D eigenvalue weighted by molar-refractivity contribution is 0.483. The van der Waals surface area contributed by atoms with E-state index in [0.29, 0.717) is 0 Å². The summed E-state index contributed by atoms with van der Waals surface area (Å²) in [4.78, 5) is 9.52. The van der Waals surface area contributed by atoms with Gasteiger partial charge in [0, 0.05) is 58.3 Å². The molecule has 5 aromatic carbocycles. The van der Waals surface area contributed by atoms with Crippen LogP contribution in [-0.2, 0) is 16.2 Å². The maximum Gasteiger partial charge on any atom is 0.137 e. The van der Waals surface area contributed by atoms with E-state index in [0.717, 1.165) is 46.1 Å². The fourth-order valence-corrected chi connectivity index (χ4v) is 7.47. The largest absolute Gasteiger partial charge is 0.457 e. The average Bonchev–Trinajstić information content (AvgIpc) is 3.78. The molecule has 8 rings (SSSR count). The van der Waals surface area contributed by atoms with Crippen LogP contribution in [0.15, 0.2) is 146 Å². The molecular weight excluding hydrogens is 661 g/mol. The highest BCUT2D eigenvalue weighted by atomic mass is 16.5. The van der Waals surface area contributed by atoms with Gasteiger partial charge < -0.3 is 14.5 Å². The average molecular weight is 711 g/mol. The Morgan fingerprint density at radius 3 is 1.87 bits per heavy atom. The lowest BCUT2D eigenvalue weighted by Crippen LogP contribution is -2.26. The van der Waals surface area contributed by atoms with Gasteiger partial charge in [0.25, 0.3) is 0 Å². The lowest BCUT2D eigenvalue weighted by Gasteiger charge is -2.29. The van der Waals surface area contributed by atoms with Crippen LogP contribution >= 0.6 is 0 Å². The third kappa shape index (κ3) is 6.64. The fourth-order valence-electron chi connectivity index (χ4n) is 7.47. The van der Waals surface area contributed by atoms with Gasteiger partial charge >= 0.3 is 0 Å². The second-order valence-corrected chi connectivity index (χ2v) is 17.2. The molecule has 0 amide bonds. The van der Waals surface area contributed by atoms with Crippen LogP contribution in [0.25, 0.3) is 27.6 Å². The van der Waals surface area contributed by atoms with Crippen LogP contribution in [0.5, 0.6) is 11.5 Å². The molecule has 5 nitrogen and oxygen atoms in total. The molecule has 272 valence electrons. The first-order valence-electron chi connectivity index (χ1n) is 19.0. The van der Waals surface area contributed by atoms with Gasteiger partial charge in [0.1, 0.15) is 17.3 Å². The van der Waals surface area contributed by atoms with Crippen molar-refractivity contribution < 1.29 is 4.74 Å². The van der Waals surface area contributed by atoms with Crippen LogP contribution in [-0.4, -0.2) is 16.2 Å². The molecule has 7 aromatic rings. The van der Waals surface area contributed by atoms with Gasteiger partial charge in [0.15, 0.2) is 0 Å². The molecule has 1 aliphatic rings. The molecule has 2 aromatic heterocycles. The van der Waals surface area contributed by atoms with Crippen LogP contribution in [0, 0.1) is 0 Å². The monoisotopic (exact) mass is 710 g/mol. The lowest BCUT2D eigenvalue weighted by atomic mass is 9.78. The standard InChI is InChI=1S/C49H50N4O/c1-47(2,3)36-27-37(48(4,5)6)29-39(28-36)52-26-25-51(33-52)38-17-14-18-40(31-38)54-41-21-22-43-42-19-12-13-20-44(42)53(45(43)32-41)46-30-35(23-24-50-46)49(7,8)34-15-10-9-11-16-34/h9-32H,33H2,1-8H3. The summed E-state index contributed by atoms with van der Waals surface area (Å²) in [6.45, 7) is 19.0. The number of hydrogen-bond acceptors (Lipinski definition) is 4. The Morgan fingerprint density at radius 1 is 0.500 bits per heavy atom. The molecule has 5 heteroatoms. The van der Waals surface area contributed by atoms with Crippen LogP contribution in [0.3, 0.4) is 0 Å². The van der Waals surface area contributed by atoms with E-state index in [1.54, 1.807) is 0 Å². The van der Waals surface area contributed by atoms with Gasteiger partial charge in [-0.15, -0.1) is 0 Å². The minimum Gasteiger partial charge on any atom is -0.457 e. The Morgan fingerprint density at radius 2 is 1.15 bits per heavy atom. The van der Waals surface area contributed by atoms with E-state index >= 15 is 0 Å². The maximum absolute atomic E-state index is 6.63. The number of fused-ring (bicyclic) bond motifs is 3. The topological polar surface area (TPSA) is 33.5 Å². The number of benzene rings is 5. The van der Waals surface area contributed by atoms with Crippen LogP contribution in [0.2, 0.25) is 0 Å². The molecule has 54 heavy (non-hydrogen) atoms. The summed E-state index contributed by atoms with van der Waals surface area (Å²) in [6, 6.07) is 45.4.